The highest BCUT2D eigenvalue weighted by Gasteiger charge is 2.30. The summed E-state index contributed by atoms with van der Waals surface area (Å²) in [7, 11) is 0. The van der Waals surface area contributed by atoms with E-state index in [2.05, 4.69) is 47.5 Å². The third-order valence-electron chi connectivity index (χ3n) is 4.66. The van der Waals surface area contributed by atoms with Crippen molar-refractivity contribution < 1.29 is 0 Å². The van der Waals surface area contributed by atoms with Gasteiger partial charge in [-0.1, -0.05) is 18.2 Å². The zero-order chi connectivity index (χ0) is 13.5. The third-order valence-corrected chi connectivity index (χ3v) is 6.91. The summed E-state index contributed by atoms with van der Waals surface area (Å²) in [6.07, 6.45) is 1.23. The Morgan fingerprint density at radius 2 is 2.10 bits per heavy atom. The fourth-order valence-electron chi connectivity index (χ4n) is 3.47. The summed E-state index contributed by atoms with van der Waals surface area (Å²) in [5.41, 5.74) is 3.14. The minimum atomic E-state index is 0.586. The molecule has 4 rings (SSSR count). The van der Waals surface area contributed by atoms with Gasteiger partial charge in [0.2, 0.25) is 0 Å². The number of hydrogen-bond donors (Lipinski definition) is 0. The largest absolute Gasteiger partial charge is 0.296 e. The second kappa shape index (κ2) is 5.21. The molecule has 0 amide bonds. The summed E-state index contributed by atoms with van der Waals surface area (Å²) < 4.78 is 0. The van der Waals surface area contributed by atoms with Crippen LogP contribution in [0.15, 0.2) is 40.6 Å². The van der Waals surface area contributed by atoms with Crippen molar-refractivity contribution in [2.24, 2.45) is 0 Å². The molecule has 0 aliphatic carbocycles. The molecule has 2 aromatic rings. The van der Waals surface area contributed by atoms with Gasteiger partial charge in [-0.3, -0.25) is 4.90 Å². The van der Waals surface area contributed by atoms with Crippen molar-refractivity contribution >= 4 is 23.1 Å². The number of benzene rings is 1. The van der Waals surface area contributed by atoms with E-state index in [1.165, 1.54) is 30.2 Å². The zero-order valence-electron chi connectivity index (χ0n) is 11.7. The van der Waals surface area contributed by atoms with Gasteiger partial charge < -0.3 is 0 Å². The van der Waals surface area contributed by atoms with Gasteiger partial charge in [0.25, 0.3) is 0 Å². The highest BCUT2D eigenvalue weighted by Crippen LogP contribution is 2.41. The van der Waals surface area contributed by atoms with Crippen LogP contribution < -0.4 is 0 Å². The van der Waals surface area contributed by atoms with E-state index in [-0.39, 0.29) is 0 Å². The predicted molar refractivity (Wildman–Crippen MR) is 87.9 cm³/mol. The van der Waals surface area contributed by atoms with Crippen LogP contribution in [0, 0.1) is 0 Å². The smallest absolute Gasteiger partial charge is 0.0331 e. The van der Waals surface area contributed by atoms with Crippen LogP contribution in [-0.2, 0) is 6.42 Å². The highest BCUT2D eigenvalue weighted by atomic mass is 32.2. The Morgan fingerprint density at radius 1 is 1.20 bits per heavy atom. The molecule has 2 aliphatic rings. The molecule has 1 aromatic heterocycles. The molecule has 0 radical (unpaired) electrons. The first-order chi connectivity index (χ1) is 9.83. The summed E-state index contributed by atoms with van der Waals surface area (Å²) in [6, 6.07) is 11.9. The Hall–Kier alpha value is -0.770. The van der Waals surface area contributed by atoms with E-state index in [4.69, 9.17) is 0 Å². The molecule has 3 heteroatoms. The van der Waals surface area contributed by atoms with Gasteiger partial charge in [0.15, 0.2) is 0 Å². The van der Waals surface area contributed by atoms with E-state index in [1.54, 1.807) is 16.0 Å². The summed E-state index contributed by atoms with van der Waals surface area (Å²) in [6.45, 7) is 4.80. The second-order valence-corrected chi connectivity index (χ2v) is 7.83. The Morgan fingerprint density at radius 3 is 3.05 bits per heavy atom. The Kier molecular flexibility index (Phi) is 3.37. The highest BCUT2D eigenvalue weighted by molar-refractivity contribution is 7.99. The summed E-state index contributed by atoms with van der Waals surface area (Å²) in [5, 5.41) is 2.26. The number of thiophene rings is 1. The van der Waals surface area contributed by atoms with E-state index < -0.39 is 0 Å². The van der Waals surface area contributed by atoms with E-state index in [0.29, 0.717) is 12.0 Å². The van der Waals surface area contributed by atoms with Gasteiger partial charge in [0.1, 0.15) is 0 Å². The Balaban J connectivity index is 1.54. The molecule has 104 valence electrons. The average Bonchev–Trinajstić information content (AvgIpc) is 3.10. The fraction of sp³-hybridized carbons (Fsp3) is 0.412. The molecule has 1 aromatic carbocycles. The molecule has 0 saturated carbocycles. The van der Waals surface area contributed by atoms with Gasteiger partial charge in [-0.15, -0.1) is 23.1 Å². The van der Waals surface area contributed by atoms with Crippen molar-refractivity contribution in [3.05, 3.63) is 51.7 Å². The summed E-state index contributed by atoms with van der Waals surface area (Å²) >= 11 is 3.96. The molecule has 2 unspecified atom stereocenters. The Bertz CT molecular complexity index is 619. The van der Waals surface area contributed by atoms with Crippen molar-refractivity contribution in [1.29, 1.82) is 0 Å². The maximum absolute atomic E-state index is 2.68. The van der Waals surface area contributed by atoms with E-state index in [1.807, 2.05) is 23.1 Å². The molecule has 2 aliphatic heterocycles. The zero-order valence-corrected chi connectivity index (χ0v) is 13.3. The maximum atomic E-state index is 2.68. The van der Waals surface area contributed by atoms with Crippen molar-refractivity contribution in [1.82, 2.24) is 4.90 Å². The number of thioether (sulfide) groups is 1. The number of nitrogens with zero attached hydrogens (tertiary/aromatic N) is 1. The van der Waals surface area contributed by atoms with Crippen LogP contribution in [0.4, 0.5) is 0 Å². The number of hydrogen-bond acceptors (Lipinski definition) is 3. The van der Waals surface area contributed by atoms with Gasteiger partial charge >= 0.3 is 0 Å². The van der Waals surface area contributed by atoms with Crippen molar-refractivity contribution in [3.63, 3.8) is 0 Å². The molecule has 0 bridgehead atoms. The van der Waals surface area contributed by atoms with Gasteiger partial charge in [-0.05, 0) is 42.0 Å². The first-order valence-corrected chi connectivity index (χ1v) is 9.21. The minimum absolute atomic E-state index is 0.586. The first kappa shape index (κ1) is 12.9. The van der Waals surface area contributed by atoms with Crippen LogP contribution in [-0.4, -0.2) is 23.7 Å². The standard InChI is InChI=1S/C17H19NS2/c1-12-14-7-9-19-17(14)6-8-18(12)10-13-11-20-16-5-3-2-4-15(13)16/h2-5,7,9,12-13H,6,8,10-11H2,1H3. The lowest BCUT2D eigenvalue weighted by Crippen LogP contribution is -2.36. The van der Waals surface area contributed by atoms with Crippen LogP contribution in [0.3, 0.4) is 0 Å². The quantitative estimate of drug-likeness (QED) is 0.800. The molecule has 20 heavy (non-hydrogen) atoms. The van der Waals surface area contributed by atoms with Crippen molar-refractivity contribution in [3.8, 4) is 0 Å². The first-order valence-electron chi connectivity index (χ1n) is 7.35. The van der Waals surface area contributed by atoms with Crippen LogP contribution in [0.5, 0.6) is 0 Å². The van der Waals surface area contributed by atoms with Gasteiger partial charge in [-0.25, -0.2) is 0 Å². The van der Waals surface area contributed by atoms with Gasteiger partial charge in [0, 0.05) is 40.6 Å². The fourth-order valence-corrected chi connectivity index (χ4v) is 5.68. The van der Waals surface area contributed by atoms with Crippen LogP contribution >= 0.6 is 23.1 Å². The Labute approximate surface area is 129 Å². The topological polar surface area (TPSA) is 3.24 Å². The molecular formula is C17H19NS2. The van der Waals surface area contributed by atoms with Crippen LogP contribution in [0.1, 0.15) is 34.9 Å². The van der Waals surface area contributed by atoms with E-state index in [9.17, 15) is 0 Å². The van der Waals surface area contributed by atoms with Gasteiger partial charge in [-0.2, -0.15) is 0 Å². The maximum Gasteiger partial charge on any atom is 0.0331 e. The van der Waals surface area contributed by atoms with Crippen molar-refractivity contribution in [2.45, 2.75) is 30.2 Å². The van der Waals surface area contributed by atoms with Crippen molar-refractivity contribution in [2.75, 3.05) is 18.8 Å². The lowest BCUT2D eigenvalue weighted by molar-refractivity contribution is 0.191. The summed E-state index contributed by atoms with van der Waals surface area (Å²) in [5.74, 6) is 1.96. The molecular weight excluding hydrogens is 282 g/mol. The van der Waals surface area contributed by atoms with Crippen LogP contribution in [0.2, 0.25) is 0 Å². The molecule has 3 heterocycles. The van der Waals surface area contributed by atoms with Gasteiger partial charge in [0.05, 0.1) is 0 Å². The molecule has 0 spiro atoms. The van der Waals surface area contributed by atoms with E-state index in [0.717, 1.165) is 0 Å². The van der Waals surface area contributed by atoms with Crippen LogP contribution in [0.25, 0.3) is 0 Å². The van der Waals surface area contributed by atoms with E-state index >= 15 is 0 Å². The molecule has 0 saturated heterocycles. The second-order valence-electron chi connectivity index (χ2n) is 5.77. The third kappa shape index (κ3) is 2.12. The SMILES string of the molecule is CC1c2ccsc2CCN1CC1CSc2ccccc21. The average molecular weight is 301 g/mol. The lowest BCUT2D eigenvalue weighted by atomic mass is 9.96. The minimum Gasteiger partial charge on any atom is -0.296 e. The predicted octanol–water partition coefficient (Wildman–Crippen LogP) is 4.56. The molecule has 0 fully saturated rings. The number of fused-ring (bicyclic) bond motifs is 2. The molecule has 1 nitrogen and oxygen atoms in total. The number of rotatable bonds is 2. The normalized spacial score (nSPS) is 25.4. The summed E-state index contributed by atoms with van der Waals surface area (Å²) in [4.78, 5) is 5.79. The monoisotopic (exact) mass is 301 g/mol. The molecule has 0 N–H and O–H groups in total. The lowest BCUT2D eigenvalue weighted by Gasteiger charge is -2.35. The molecule has 2 atom stereocenters.